The zero-order valence-corrected chi connectivity index (χ0v) is 16.9. The van der Waals surface area contributed by atoms with E-state index in [1.807, 2.05) is 18.3 Å². The first-order valence-corrected chi connectivity index (χ1v) is 9.58. The van der Waals surface area contributed by atoms with Crippen molar-refractivity contribution in [3.63, 3.8) is 0 Å². The van der Waals surface area contributed by atoms with E-state index in [1.54, 1.807) is 0 Å². The minimum Gasteiger partial charge on any atom is -0.352 e. The summed E-state index contributed by atoms with van der Waals surface area (Å²) in [6.07, 6.45) is 1.84. The molecule has 1 N–H and O–H groups in total. The quantitative estimate of drug-likeness (QED) is 0.687. The van der Waals surface area contributed by atoms with Crippen molar-refractivity contribution in [2.75, 3.05) is 7.05 Å². The van der Waals surface area contributed by atoms with Gasteiger partial charge in [-0.1, -0.05) is 23.8 Å². The number of rotatable bonds is 3. The molecule has 0 unspecified atom stereocenters. The third kappa shape index (κ3) is 3.02. The summed E-state index contributed by atoms with van der Waals surface area (Å²) in [5.74, 6) is 0. The Labute approximate surface area is 165 Å². The van der Waals surface area contributed by atoms with Gasteiger partial charge in [-0.05, 0) is 68.9 Å². The van der Waals surface area contributed by atoms with Gasteiger partial charge in [0.2, 0.25) is 0 Å². The van der Waals surface area contributed by atoms with Crippen molar-refractivity contribution >= 4 is 17.3 Å². The van der Waals surface area contributed by atoms with Gasteiger partial charge in [-0.15, -0.1) is 0 Å². The third-order valence-electron chi connectivity index (χ3n) is 5.42. The highest BCUT2D eigenvalue weighted by Crippen LogP contribution is 2.40. The molecule has 0 bridgehead atoms. The van der Waals surface area contributed by atoms with Gasteiger partial charge in [0, 0.05) is 30.3 Å². The van der Waals surface area contributed by atoms with E-state index in [0.29, 0.717) is 0 Å². The van der Waals surface area contributed by atoms with Crippen LogP contribution < -0.4 is 5.32 Å². The predicted molar refractivity (Wildman–Crippen MR) is 113 cm³/mol. The molecule has 0 radical (unpaired) electrons. The molecule has 0 saturated carbocycles. The molecule has 0 spiro atoms. The third-order valence-corrected chi connectivity index (χ3v) is 5.83. The van der Waals surface area contributed by atoms with Crippen LogP contribution in [0.25, 0.3) is 5.69 Å². The predicted octanol–water partition coefficient (Wildman–Crippen LogP) is 4.40. The maximum atomic E-state index is 5.57. The van der Waals surface area contributed by atoms with Gasteiger partial charge >= 0.3 is 0 Å². The standard InChI is InChI=1S/C22H24N4S/c1-14-8-10-17(11-9-14)26-15(2)13-18(16(26)3)21-20(24-22(27)25(21)4)19-7-5-6-12-23-19/h5-13,20-21H,1-4H3,(H,24,27)/t20-,21+/m0/s1. The molecule has 138 valence electrons. The van der Waals surface area contributed by atoms with Gasteiger partial charge in [0.05, 0.1) is 17.8 Å². The fourth-order valence-corrected chi connectivity index (χ4v) is 4.27. The number of hydrogen-bond acceptors (Lipinski definition) is 2. The smallest absolute Gasteiger partial charge is 0.169 e. The van der Waals surface area contributed by atoms with E-state index in [1.165, 1.54) is 28.2 Å². The Morgan fingerprint density at radius 2 is 1.78 bits per heavy atom. The number of aromatic nitrogens is 2. The molecule has 5 heteroatoms. The number of pyridine rings is 1. The lowest BCUT2D eigenvalue weighted by Gasteiger charge is -2.24. The molecule has 3 aromatic rings. The summed E-state index contributed by atoms with van der Waals surface area (Å²) in [7, 11) is 2.06. The van der Waals surface area contributed by atoms with Gasteiger partial charge < -0.3 is 14.8 Å². The minimum absolute atomic E-state index is 0.0377. The van der Waals surface area contributed by atoms with Crippen molar-refractivity contribution in [2.45, 2.75) is 32.9 Å². The molecular weight excluding hydrogens is 352 g/mol. The largest absolute Gasteiger partial charge is 0.352 e. The van der Waals surface area contributed by atoms with Crippen molar-refractivity contribution in [3.8, 4) is 5.69 Å². The van der Waals surface area contributed by atoms with Crippen LogP contribution in [0.3, 0.4) is 0 Å². The van der Waals surface area contributed by atoms with E-state index in [4.69, 9.17) is 12.2 Å². The molecule has 2 aromatic heterocycles. The summed E-state index contributed by atoms with van der Waals surface area (Å²) >= 11 is 5.57. The highest BCUT2D eigenvalue weighted by molar-refractivity contribution is 7.80. The Morgan fingerprint density at radius 3 is 2.44 bits per heavy atom. The van der Waals surface area contributed by atoms with Gasteiger partial charge in [-0.2, -0.15) is 0 Å². The Bertz CT molecular complexity index is 976. The van der Waals surface area contributed by atoms with Gasteiger partial charge in [0.15, 0.2) is 5.11 Å². The molecule has 1 aliphatic heterocycles. The molecule has 1 aromatic carbocycles. The molecular formula is C22H24N4S. The van der Waals surface area contributed by atoms with Crippen molar-refractivity contribution in [1.29, 1.82) is 0 Å². The lowest BCUT2D eigenvalue weighted by molar-refractivity contribution is 0.367. The summed E-state index contributed by atoms with van der Waals surface area (Å²) in [6, 6.07) is 17.1. The molecule has 0 aliphatic carbocycles. The summed E-state index contributed by atoms with van der Waals surface area (Å²) in [5.41, 5.74) is 7.19. The number of likely N-dealkylation sites (N-methyl/N-ethyl adjacent to an activating group) is 1. The van der Waals surface area contributed by atoms with Crippen molar-refractivity contribution in [2.24, 2.45) is 0 Å². The summed E-state index contributed by atoms with van der Waals surface area (Å²) < 4.78 is 2.32. The maximum absolute atomic E-state index is 5.57. The lowest BCUT2D eigenvalue weighted by atomic mass is 9.97. The molecule has 4 nitrogen and oxygen atoms in total. The number of thiocarbonyl (C=S) groups is 1. The first-order valence-electron chi connectivity index (χ1n) is 9.17. The first kappa shape index (κ1) is 17.7. The second-order valence-electron chi connectivity index (χ2n) is 7.23. The fourth-order valence-electron chi connectivity index (χ4n) is 4.03. The average Bonchev–Trinajstić information content (AvgIpc) is 3.12. The van der Waals surface area contributed by atoms with E-state index in [2.05, 4.69) is 84.0 Å². The van der Waals surface area contributed by atoms with Gasteiger partial charge in [-0.25, -0.2) is 0 Å². The second-order valence-corrected chi connectivity index (χ2v) is 7.62. The fraction of sp³-hybridized carbons (Fsp3) is 0.273. The average molecular weight is 377 g/mol. The minimum atomic E-state index is 0.0377. The van der Waals surface area contributed by atoms with Crippen LogP contribution in [0.2, 0.25) is 0 Å². The second kappa shape index (κ2) is 6.82. The highest BCUT2D eigenvalue weighted by atomic mass is 32.1. The summed E-state index contributed by atoms with van der Waals surface area (Å²) in [5, 5.41) is 4.22. The van der Waals surface area contributed by atoms with E-state index in [9.17, 15) is 0 Å². The van der Waals surface area contributed by atoms with E-state index in [0.717, 1.165) is 10.8 Å². The number of benzene rings is 1. The Morgan fingerprint density at radius 1 is 1.04 bits per heavy atom. The lowest BCUT2D eigenvalue weighted by Crippen LogP contribution is -2.25. The molecule has 2 atom stereocenters. The molecule has 3 heterocycles. The van der Waals surface area contributed by atoms with Crippen molar-refractivity contribution in [1.82, 2.24) is 19.8 Å². The molecule has 0 amide bonds. The molecule has 1 fully saturated rings. The zero-order valence-electron chi connectivity index (χ0n) is 16.1. The van der Waals surface area contributed by atoms with Crippen LogP contribution in [0, 0.1) is 20.8 Å². The van der Waals surface area contributed by atoms with Crippen LogP contribution in [0.15, 0.2) is 54.7 Å². The van der Waals surface area contributed by atoms with Crippen LogP contribution in [0.5, 0.6) is 0 Å². The number of aryl methyl sites for hydroxylation is 2. The molecule has 1 aliphatic rings. The van der Waals surface area contributed by atoms with E-state index in [-0.39, 0.29) is 12.1 Å². The van der Waals surface area contributed by atoms with Crippen LogP contribution in [0.1, 0.15) is 40.3 Å². The SMILES string of the molecule is Cc1ccc(-n2c(C)cc([C@@H]3[C@H](c4ccccn4)NC(=S)N3C)c2C)cc1. The van der Waals surface area contributed by atoms with Crippen molar-refractivity contribution in [3.05, 3.63) is 82.9 Å². The van der Waals surface area contributed by atoms with Crippen LogP contribution in [-0.2, 0) is 0 Å². The zero-order chi connectivity index (χ0) is 19.1. The monoisotopic (exact) mass is 376 g/mol. The van der Waals surface area contributed by atoms with Crippen molar-refractivity contribution < 1.29 is 0 Å². The van der Waals surface area contributed by atoms with Gasteiger partial charge in [0.25, 0.3) is 0 Å². The topological polar surface area (TPSA) is 33.1 Å². The van der Waals surface area contributed by atoms with E-state index < -0.39 is 0 Å². The highest BCUT2D eigenvalue weighted by Gasteiger charge is 2.39. The number of hydrogen-bond donors (Lipinski definition) is 1. The molecule has 27 heavy (non-hydrogen) atoms. The summed E-state index contributed by atoms with van der Waals surface area (Å²) in [4.78, 5) is 6.73. The van der Waals surface area contributed by atoms with Gasteiger partial charge in [-0.3, -0.25) is 4.98 Å². The summed E-state index contributed by atoms with van der Waals surface area (Å²) in [6.45, 7) is 6.46. The van der Waals surface area contributed by atoms with Crippen LogP contribution in [-0.4, -0.2) is 26.6 Å². The first-order chi connectivity index (χ1) is 13.0. The molecule has 4 rings (SSSR count). The normalized spacial score (nSPS) is 19.4. The Hall–Kier alpha value is -2.66. The van der Waals surface area contributed by atoms with Crippen LogP contribution >= 0.6 is 12.2 Å². The van der Waals surface area contributed by atoms with Crippen LogP contribution in [0.4, 0.5) is 0 Å². The number of nitrogens with zero attached hydrogens (tertiary/aromatic N) is 3. The number of nitrogens with one attached hydrogen (secondary N) is 1. The molecule has 1 saturated heterocycles. The van der Waals surface area contributed by atoms with E-state index >= 15 is 0 Å². The Kier molecular flexibility index (Phi) is 4.48. The maximum Gasteiger partial charge on any atom is 0.169 e. The Balaban J connectivity index is 1.81. The van der Waals surface area contributed by atoms with Gasteiger partial charge in [0.1, 0.15) is 0 Å².